The van der Waals surface area contributed by atoms with E-state index in [9.17, 15) is 24.3 Å². The minimum atomic E-state index is -2.14. The molecule has 29 heavy (non-hydrogen) atoms. The van der Waals surface area contributed by atoms with Crippen molar-refractivity contribution in [1.29, 1.82) is 0 Å². The summed E-state index contributed by atoms with van der Waals surface area (Å²) in [5.41, 5.74) is -1.81. The smallest absolute Gasteiger partial charge is 0.477 e. The minimum Gasteiger partial charge on any atom is -0.477 e. The zero-order valence-corrected chi connectivity index (χ0v) is 16.9. The molecule has 1 rings (SSSR count). The molecule has 2 atom stereocenters. The monoisotopic (exact) mass is 411 g/mol. The van der Waals surface area contributed by atoms with Crippen LogP contribution in [0.15, 0.2) is 18.2 Å². The van der Waals surface area contributed by atoms with E-state index in [0.717, 1.165) is 14.0 Å². The molecule has 1 aromatic rings. The summed E-state index contributed by atoms with van der Waals surface area (Å²) in [5, 5.41) is 12.6. The van der Waals surface area contributed by atoms with Gasteiger partial charge in [-0.1, -0.05) is 13.0 Å². The van der Waals surface area contributed by atoms with Crippen LogP contribution in [0, 0.1) is 0 Å². The number of carbonyl (C=O) groups is 4. The van der Waals surface area contributed by atoms with Crippen LogP contribution in [0.5, 0.6) is 11.5 Å². The molecule has 0 aromatic heterocycles. The number of carboxylic acid groups (broad SMARTS) is 1. The van der Waals surface area contributed by atoms with Gasteiger partial charge in [0.2, 0.25) is 0 Å². The van der Waals surface area contributed by atoms with Gasteiger partial charge in [-0.3, -0.25) is 14.9 Å². The Morgan fingerprint density at radius 1 is 1.10 bits per heavy atom. The largest absolute Gasteiger partial charge is 0.510 e. The zero-order chi connectivity index (χ0) is 22.2. The topological polar surface area (TPSA) is 137 Å². The van der Waals surface area contributed by atoms with Crippen LogP contribution in [-0.2, 0) is 30.3 Å². The van der Waals surface area contributed by atoms with Crippen LogP contribution >= 0.6 is 0 Å². The molecule has 0 bridgehead atoms. The summed E-state index contributed by atoms with van der Waals surface area (Å²) in [6.07, 6.45) is -0.944. The maximum Gasteiger partial charge on any atom is 0.510 e. The van der Waals surface area contributed by atoms with Gasteiger partial charge in [-0.25, -0.2) is 9.59 Å². The SMILES string of the molecule is CCC(C)N[C@@](Cc1ccc(OC(C)=O)c(OC(C)=O)c1)(OC(=O)OC)C(=O)O. The molecular weight excluding hydrogens is 386 g/mol. The third kappa shape index (κ3) is 7.07. The van der Waals surface area contributed by atoms with E-state index in [1.54, 1.807) is 6.92 Å². The molecule has 0 radical (unpaired) electrons. The molecule has 10 nitrogen and oxygen atoms in total. The lowest BCUT2D eigenvalue weighted by Crippen LogP contribution is -2.59. The number of aliphatic carboxylic acids is 1. The number of rotatable bonds is 9. The van der Waals surface area contributed by atoms with Crippen LogP contribution in [-0.4, -0.2) is 48.0 Å². The molecule has 0 saturated heterocycles. The molecule has 0 fully saturated rings. The summed E-state index contributed by atoms with van der Waals surface area (Å²) in [6.45, 7) is 5.90. The molecule has 0 amide bonds. The van der Waals surface area contributed by atoms with Crippen molar-refractivity contribution in [1.82, 2.24) is 5.32 Å². The van der Waals surface area contributed by atoms with Gasteiger partial charge in [0.1, 0.15) is 0 Å². The standard InChI is InChI=1S/C19H25NO9/c1-6-11(2)20-19(17(23)24,29-18(25)26-5)10-14-7-8-15(27-12(3)21)16(9-14)28-13(4)22/h7-9,11,20H,6,10H2,1-5H3,(H,23,24)/t11?,19-/m0/s1. The van der Waals surface area contributed by atoms with Gasteiger partial charge in [-0.05, 0) is 31.0 Å². The normalized spacial score (nSPS) is 13.6. The third-order valence-corrected chi connectivity index (χ3v) is 3.83. The predicted octanol–water partition coefficient (Wildman–Crippen LogP) is 2.03. The molecule has 1 aromatic carbocycles. The number of hydrogen-bond acceptors (Lipinski definition) is 9. The molecule has 0 spiro atoms. The fourth-order valence-electron chi connectivity index (χ4n) is 2.41. The second-order valence-corrected chi connectivity index (χ2v) is 6.29. The highest BCUT2D eigenvalue weighted by Crippen LogP contribution is 2.31. The van der Waals surface area contributed by atoms with Crippen LogP contribution in [0.4, 0.5) is 4.79 Å². The van der Waals surface area contributed by atoms with Gasteiger partial charge < -0.3 is 24.1 Å². The van der Waals surface area contributed by atoms with Gasteiger partial charge in [-0.15, -0.1) is 0 Å². The van der Waals surface area contributed by atoms with Crippen molar-refractivity contribution >= 4 is 24.1 Å². The van der Waals surface area contributed by atoms with Crippen molar-refractivity contribution < 1.29 is 43.2 Å². The van der Waals surface area contributed by atoms with Crippen LogP contribution in [0.2, 0.25) is 0 Å². The summed E-state index contributed by atoms with van der Waals surface area (Å²) in [7, 11) is 1.06. The van der Waals surface area contributed by atoms with Crippen LogP contribution in [0.1, 0.15) is 39.7 Å². The summed E-state index contributed by atoms with van der Waals surface area (Å²) >= 11 is 0. The number of carboxylic acids is 1. The van der Waals surface area contributed by atoms with E-state index in [1.165, 1.54) is 25.1 Å². The minimum absolute atomic E-state index is 0.0128. The Morgan fingerprint density at radius 2 is 1.69 bits per heavy atom. The van der Waals surface area contributed by atoms with Gasteiger partial charge in [-0.2, -0.15) is 0 Å². The molecule has 0 saturated carbocycles. The Kier molecular flexibility index (Phi) is 8.58. The van der Waals surface area contributed by atoms with E-state index < -0.39 is 29.8 Å². The van der Waals surface area contributed by atoms with Gasteiger partial charge in [0.15, 0.2) is 11.5 Å². The van der Waals surface area contributed by atoms with E-state index in [0.29, 0.717) is 12.0 Å². The molecule has 0 aliphatic rings. The van der Waals surface area contributed by atoms with E-state index in [2.05, 4.69) is 10.1 Å². The third-order valence-electron chi connectivity index (χ3n) is 3.83. The number of benzene rings is 1. The highest BCUT2D eigenvalue weighted by molar-refractivity contribution is 5.80. The van der Waals surface area contributed by atoms with Gasteiger partial charge in [0.05, 0.1) is 7.11 Å². The first kappa shape index (κ1) is 23.9. The maximum atomic E-state index is 12.1. The number of hydrogen-bond donors (Lipinski definition) is 2. The molecule has 10 heteroatoms. The summed E-state index contributed by atoms with van der Waals surface area (Å²) in [4.78, 5) is 46.4. The van der Waals surface area contributed by atoms with Gasteiger partial charge >= 0.3 is 24.1 Å². The quantitative estimate of drug-likeness (QED) is 0.353. The Hall–Kier alpha value is -3.14. The van der Waals surface area contributed by atoms with E-state index in [1.807, 2.05) is 6.92 Å². The first-order valence-corrected chi connectivity index (χ1v) is 8.80. The average molecular weight is 411 g/mol. The molecule has 0 heterocycles. The number of esters is 2. The molecule has 2 N–H and O–H groups in total. The predicted molar refractivity (Wildman–Crippen MR) is 99.5 cm³/mol. The van der Waals surface area contributed by atoms with Gasteiger partial charge in [0, 0.05) is 26.3 Å². The van der Waals surface area contributed by atoms with Crippen molar-refractivity contribution in [2.24, 2.45) is 0 Å². The highest BCUT2D eigenvalue weighted by Gasteiger charge is 2.44. The Balaban J connectivity index is 3.38. The van der Waals surface area contributed by atoms with Crippen molar-refractivity contribution in [2.75, 3.05) is 7.11 Å². The lowest BCUT2D eigenvalue weighted by molar-refractivity contribution is -0.166. The van der Waals surface area contributed by atoms with E-state index in [4.69, 9.17) is 14.2 Å². The van der Waals surface area contributed by atoms with E-state index >= 15 is 0 Å². The van der Waals surface area contributed by atoms with Crippen LogP contribution in [0.25, 0.3) is 0 Å². The number of nitrogens with one attached hydrogen (secondary N) is 1. The molecule has 0 aliphatic heterocycles. The summed E-state index contributed by atoms with van der Waals surface area (Å²) < 4.78 is 19.6. The Labute approximate surface area is 168 Å². The zero-order valence-electron chi connectivity index (χ0n) is 16.9. The Morgan fingerprint density at radius 3 is 2.17 bits per heavy atom. The average Bonchev–Trinajstić information content (AvgIpc) is 2.62. The van der Waals surface area contributed by atoms with Crippen molar-refractivity contribution in [3.05, 3.63) is 23.8 Å². The van der Waals surface area contributed by atoms with Crippen LogP contribution in [0.3, 0.4) is 0 Å². The lowest BCUT2D eigenvalue weighted by atomic mass is 10.00. The fraction of sp³-hybridized carbons (Fsp3) is 0.474. The first-order valence-electron chi connectivity index (χ1n) is 8.80. The first-order chi connectivity index (χ1) is 13.5. The fourth-order valence-corrected chi connectivity index (χ4v) is 2.41. The van der Waals surface area contributed by atoms with Crippen molar-refractivity contribution in [3.63, 3.8) is 0 Å². The number of ether oxygens (including phenoxy) is 4. The summed E-state index contributed by atoms with van der Waals surface area (Å²) in [5.74, 6) is -2.82. The maximum absolute atomic E-state index is 12.1. The lowest BCUT2D eigenvalue weighted by Gasteiger charge is -2.32. The molecular formula is C19H25NO9. The van der Waals surface area contributed by atoms with Crippen LogP contribution < -0.4 is 14.8 Å². The van der Waals surface area contributed by atoms with E-state index in [-0.39, 0.29) is 24.0 Å². The second-order valence-electron chi connectivity index (χ2n) is 6.29. The second kappa shape index (κ2) is 10.4. The summed E-state index contributed by atoms with van der Waals surface area (Å²) in [6, 6.07) is 3.82. The molecule has 160 valence electrons. The molecule has 0 aliphatic carbocycles. The van der Waals surface area contributed by atoms with Gasteiger partial charge in [0.25, 0.3) is 5.72 Å². The number of carbonyl (C=O) groups excluding carboxylic acids is 3. The highest BCUT2D eigenvalue weighted by atomic mass is 16.7. The Bertz CT molecular complexity index is 777. The number of methoxy groups -OCH3 is 1. The molecule has 1 unspecified atom stereocenters. The van der Waals surface area contributed by atoms with Crippen molar-refractivity contribution in [3.8, 4) is 11.5 Å². The van der Waals surface area contributed by atoms with Crippen molar-refractivity contribution in [2.45, 2.75) is 52.3 Å².